The first-order valence-electron chi connectivity index (χ1n) is 11.5. The smallest absolute Gasteiger partial charge is 0.326 e. The SMILES string of the molecule is NC(=O)CC(NC(=O)C(CCCN=C(N)N)NC(=O)C(N)CS)C(=O)NC(Cc1ccc(O)cc1)C(=O)O. The molecular weight excluding hydrogens is 520 g/mol. The number of carbonyl (C=O) groups is 5. The first-order chi connectivity index (χ1) is 17.8. The molecule has 0 aliphatic carbocycles. The quantitative estimate of drug-likeness (QED) is 0.0419. The highest BCUT2D eigenvalue weighted by atomic mass is 32.1. The zero-order valence-electron chi connectivity index (χ0n) is 20.5. The van der Waals surface area contributed by atoms with Gasteiger partial charge in [-0.3, -0.25) is 24.2 Å². The van der Waals surface area contributed by atoms with Gasteiger partial charge in [0.2, 0.25) is 23.6 Å². The Kier molecular flexibility index (Phi) is 13.4. The highest BCUT2D eigenvalue weighted by Gasteiger charge is 2.31. The number of phenols is 1. The summed E-state index contributed by atoms with van der Waals surface area (Å²) in [7, 11) is 0. The number of nitrogens with two attached hydrogens (primary N) is 4. The van der Waals surface area contributed by atoms with Crippen molar-refractivity contribution in [2.45, 2.75) is 49.9 Å². The van der Waals surface area contributed by atoms with Gasteiger partial charge >= 0.3 is 5.97 Å². The zero-order valence-corrected chi connectivity index (χ0v) is 21.4. The molecule has 210 valence electrons. The van der Waals surface area contributed by atoms with Crippen molar-refractivity contribution >= 4 is 48.2 Å². The molecule has 0 aromatic heterocycles. The largest absolute Gasteiger partial charge is 0.508 e. The number of amides is 4. The van der Waals surface area contributed by atoms with Gasteiger partial charge in [0.25, 0.3) is 0 Å². The molecule has 0 bridgehead atoms. The van der Waals surface area contributed by atoms with Crippen molar-refractivity contribution in [3.05, 3.63) is 29.8 Å². The number of hydrogen-bond donors (Lipinski definition) is 10. The number of primary amides is 1. The Morgan fingerprint density at radius 3 is 1.97 bits per heavy atom. The number of rotatable bonds is 16. The monoisotopic (exact) mass is 554 g/mol. The number of aliphatic carboxylic acids is 1. The van der Waals surface area contributed by atoms with Gasteiger partial charge in [0.1, 0.15) is 23.9 Å². The first-order valence-corrected chi connectivity index (χ1v) is 12.1. The number of hydrogen-bond acceptors (Lipinski definition) is 9. The van der Waals surface area contributed by atoms with E-state index < -0.39 is 60.2 Å². The summed E-state index contributed by atoms with van der Waals surface area (Å²) in [5.74, 6) is -5.02. The number of phenolic OH excluding ortho intramolecular Hbond substituents is 1. The molecule has 1 aromatic carbocycles. The van der Waals surface area contributed by atoms with Crippen LogP contribution in [0.15, 0.2) is 29.3 Å². The normalized spacial score (nSPS) is 13.7. The fourth-order valence-corrected chi connectivity index (χ4v) is 3.32. The molecule has 4 unspecified atom stereocenters. The first kappa shape index (κ1) is 32.0. The second-order valence-corrected chi connectivity index (χ2v) is 8.67. The third kappa shape index (κ3) is 11.8. The molecule has 0 saturated carbocycles. The maximum Gasteiger partial charge on any atom is 0.326 e. The third-order valence-electron chi connectivity index (χ3n) is 5.14. The summed E-state index contributed by atoms with van der Waals surface area (Å²) in [6.07, 6.45) is -0.498. The maximum absolute atomic E-state index is 13.0. The lowest BCUT2D eigenvalue weighted by molar-refractivity contribution is -0.142. The van der Waals surface area contributed by atoms with E-state index in [1.54, 1.807) is 0 Å². The van der Waals surface area contributed by atoms with Gasteiger partial charge in [0.15, 0.2) is 5.96 Å². The summed E-state index contributed by atoms with van der Waals surface area (Å²) >= 11 is 3.95. The van der Waals surface area contributed by atoms with E-state index in [9.17, 15) is 34.2 Å². The number of thiol groups is 1. The van der Waals surface area contributed by atoms with Gasteiger partial charge < -0.3 is 49.1 Å². The Bertz CT molecular complexity index is 1020. The van der Waals surface area contributed by atoms with Crippen LogP contribution in [0.3, 0.4) is 0 Å². The van der Waals surface area contributed by atoms with E-state index in [2.05, 4.69) is 33.6 Å². The fraction of sp³-hybridized carbons (Fsp3) is 0.455. The molecule has 13 N–H and O–H groups in total. The lowest BCUT2D eigenvalue weighted by atomic mass is 10.0. The standard InChI is InChI=1S/C22H34N8O7S/c23-13(10-38)18(33)28-14(2-1-7-27-22(25)26)19(34)29-15(9-17(24)32)20(35)30-16(21(36)37)8-11-3-5-12(31)6-4-11/h3-6,13-16,31,38H,1-2,7-10,23H2,(H2,24,32)(H,28,33)(H,29,34)(H,30,35)(H,36,37)(H4,25,26,27). The van der Waals surface area contributed by atoms with Gasteiger partial charge in [-0.25, -0.2) is 4.79 Å². The van der Waals surface area contributed by atoms with E-state index in [1.807, 2.05) is 0 Å². The van der Waals surface area contributed by atoms with Gasteiger partial charge in [-0.2, -0.15) is 12.6 Å². The average Bonchev–Trinajstić information content (AvgIpc) is 2.84. The number of benzene rings is 1. The number of aliphatic imine (C=N–C) groups is 1. The van der Waals surface area contributed by atoms with Crippen LogP contribution in [-0.4, -0.2) is 82.2 Å². The van der Waals surface area contributed by atoms with Crippen molar-refractivity contribution in [3.63, 3.8) is 0 Å². The summed E-state index contributed by atoms with van der Waals surface area (Å²) in [4.78, 5) is 65.4. The number of carbonyl (C=O) groups excluding carboxylic acids is 4. The Balaban J connectivity index is 3.03. The van der Waals surface area contributed by atoms with E-state index in [-0.39, 0.29) is 43.3 Å². The molecule has 0 saturated heterocycles. The molecule has 4 atom stereocenters. The van der Waals surface area contributed by atoms with Crippen LogP contribution < -0.4 is 38.9 Å². The summed E-state index contributed by atoms with van der Waals surface area (Å²) in [5, 5.41) is 26.0. The molecule has 38 heavy (non-hydrogen) atoms. The third-order valence-corrected chi connectivity index (χ3v) is 5.53. The summed E-state index contributed by atoms with van der Waals surface area (Å²) < 4.78 is 0. The summed E-state index contributed by atoms with van der Waals surface area (Å²) in [6, 6.07) is 0.475. The Morgan fingerprint density at radius 1 is 0.895 bits per heavy atom. The lowest BCUT2D eigenvalue weighted by Gasteiger charge is -2.24. The topological polar surface area (TPSA) is 278 Å². The summed E-state index contributed by atoms with van der Waals surface area (Å²) in [5.41, 5.74) is 22.0. The molecule has 0 fully saturated rings. The van der Waals surface area contributed by atoms with Crippen molar-refractivity contribution in [1.29, 1.82) is 0 Å². The Labute approximate surface area is 224 Å². The van der Waals surface area contributed by atoms with Crippen LogP contribution in [-0.2, 0) is 30.4 Å². The number of carboxylic acid groups (broad SMARTS) is 1. The highest BCUT2D eigenvalue weighted by molar-refractivity contribution is 7.80. The van der Waals surface area contributed by atoms with Crippen LogP contribution in [0.4, 0.5) is 0 Å². The van der Waals surface area contributed by atoms with Crippen molar-refractivity contribution < 1.29 is 34.2 Å². The van der Waals surface area contributed by atoms with Gasteiger partial charge in [-0.1, -0.05) is 12.1 Å². The van der Waals surface area contributed by atoms with E-state index in [4.69, 9.17) is 22.9 Å². The predicted molar refractivity (Wildman–Crippen MR) is 141 cm³/mol. The average molecular weight is 555 g/mol. The van der Waals surface area contributed by atoms with Crippen LogP contribution in [0.1, 0.15) is 24.8 Å². The number of carboxylic acids is 1. The molecule has 1 aromatic rings. The molecular formula is C22H34N8O7S. The fourth-order valence-electron chi connectivity index (χ4n) is 3.16. The molecule has 0 aliphatic heterocycles. The molecule has 16 heteroatoms. The lowest BCUT2D eigenvalue weighted by Crippen LogP contribution is -2.58. The van der Waals surface area contributed by atoms with Crippen molar-refractivity contribution in [3.8, 4) is 5.75 Å². The van der Waals surface area contributed by atoms with E-state index in [0.29, 0.717) is 5.56 Å². The molecule has 1 rings (SSSR count). The number of nitrogens with one attached hydrogen (secondary N) is 3. The van der Waals surface area contributed by atoms with Crippen molar-refractivity contribution in [1.82, 2.24) is 16.0 Å². The second kappa shape index (κ2) is 15.9. The number of guanidine groups is 1. The Morgan fingerprint density at radius 2 is 1.45 bits per heavy atom. The van der Waals surface area contributed by atoms with Crippen LogP contribution in [0.25, 0.3) is 0 Å². The van der Waals surface area contributed by atoms with Gasteiger partial charge in [0, 0.05) is 18.7 Å². The molecule has 15 nitrogen and oxygen atoms in total. The highest BCUT2D eigenvalue weighted by Crippen LogP contribution is 2.12. The van der Waals surface area contributed by atoms with Crippen LogP contribution in [0.5, 0.6) is 5.75 Å². The molecule has 0 aliphatic rings. The van der Waals surface area contributed by atoms with E-state index in [1.165, 1.54) is 24.3 Å². The molecule has 0 spiro atoms. The van der Waals surface area contributed by atoms with Crippen LogP contribution in [0.2, 0.25) is 0 Å². The zero-order chi connectivity index (χ0) is 28.8. The minimum atomic E-state index is -1.54. The summed E-state index contributed by atoms with van der Waals surface area (Å²) in [6.45, 7) is 0.142. The second-order valence-electron chi connectivity index (χ2n) is 8.30. The molecule has 4 amide bonds. The van der Waals surface area contributed by atoms with Gasteiger partial charge in [-0.15, -0.1) is 0 Å². The van der Waals surface area contributed by atoms with Gasteiger partial charge in [0.05, 0.1) is 12.5 Å². The minimum absolute atomic E-state index is 0.00150. The predicted octanol–water partition coefficient (Wildman–Crippen LogP) is -3.34. The van der Waals surface area contributed by atoms with Crippen LogP contribution >= 0.6 is 12.6 Å². The molecule has 0 radical (unpaired) electrons. The van der Waals surface area contributed by atoms with E-state index >= 15 is 0 Å². The van der Waals surface area contributed by atoms with Crippen molar-refractivity contribution in [2.75, 3.05) is 12.3 Å². The molecule has 0 heterocycles. The number of nitrogens with zero attached hydrogens (tertiary/aromatic N) is 1. The van der Waals surface area contributed by atoms with E-state index in [0.717, 1.165) is 0 Å². The van der Waals surface area contributed by atoms with Crippen LogP contribution in [0, 0.1) is 0 Å². The maximum atomic E-state index is 13.0. The Hall–Kier alpha value is -4.05. The number of aromatic hydroxyl groups is 1. The minimum Gasteiger partial charge on any atom is -0.508 e. The van der Waals surface area contributed by atoms with Gasteiger partial charge in [-0.05, 0) is 30.5 Å². The van der Waals surface area contributed by atoms with Crippen molar-refractivity contribution in [2.24, 2.45) is 27.9 Å².